The molecule has 0 heterocycles. The predicted molar refractivity (Wildman–Crippen MR) is 132 cm³/mol. The highest BCUT2D eigenvalue weighted by Crippen LogP contribution is 2.40. The second kappa shape index (κ2) is 10.9. The highest BCUT2D eigenvalue weighted by atomic mass is 35.5. The zero-order chi connectivity index (χ0) is 26.4. The molecule has 0 saturated heterocycles. The lowest BCUT2D eigenvalue weighted by atomic mass is 9.98. The Morgan fingerprint density at radius 1 is 0.703 bits per heavy atom. The van der Waals surface area contributed by atoms with Gasteiger partial charge >= 0.3 is 23.9 Å². The van der Waals surface area contributed by atoms with Crippen molar-refractivity contribution in [3.8, 4) is 0 Å². The minimum absolute atomic E-state index is 0.109. The van der Waals surface area contributed by atoms with Crippen LogP contribution in [-0.2, 0) is 19.0 Å². The Morgan fingerprint density at radius 3 is 1.65 bits per heavy atom. The predicted octanol–water partition coefficient (Wildman–Crippen LogP) is 4.77. The number of hydrogen-bond donors (Lipinski definition) is 1. The third-order valence-corrected chi connectivity index (χ3v) is 5.75. The van der Waals surface area contributed by atoms with Crippen LogP contribution >= 0.6 is 11.6 Å². The summed E-state index contributed by atoms with van der Waals surface area (Å²) in [7, 11) is 0. The second-order valence-electron chi connectivity index (χ2n) is 7.78. The summed E-state index contributed by atoms with van der Waals surface area (Å²) in [5.74, 6) is -4.65. The molecule has 9 heteroatoms. The number of carboxylic acids is 1. The van der Waals surface area contributed by atoms with Crippen molar-refractivity contribution in [1.29, 1.82) is 0 Å². The van der Waals surface area contributed by atoms with Crippen LogP contribution in [0.4, 0.5) is 0 Å². The summed E-state index contributed by atoms with van der Waals surface area (Å²) in [4.78, 5) is 50.6. The fraction of sp³-hybridized carbons (Fsp3) is 0.0714. The monoisotopic (exact) mass is 518 g/mol. The van der Waals surface area contributed by atoms with Crippen LogP contribution in [0, 0.1) is 0 Å². The van der Waals surface area contributed by atoms with Gasteiger partial charge in [-0.05, 0) is 48.6 Å². The van der Waals surface area contributed by atoms with Gasteiger partial charge in [-0.2, -0.15) is 0 Å². The van der Waals surface area contributed by atoms with E-state index in [1.807, 2.05) is 0 Å². The van der Waals surface area contributed by atoms with Crippen molar-refractivity contribution < 1.29 is 38.5 Å². The molecule has 0 fully saturated rings. The van der Waals surface area contributed by atoms with E-state index < -0.39 is 46.4 Å². The summed E-state index contributed by atoms with van der Waals surface area (Å²) >= 11 is 6.78. The summed E-state index contributed by atoms with van der Waals surface area (Å²) in [5.41, 5.74) is -0.0224. The normalized spacial score (nSPS) is 18.6. The quantitative estimate of drug-likeness (QED) is 0.270. The third-order valence-electron chi connectivity index (χ3n) is 5.27. The lowest BCUT2D eigenvalue weighted by Gasteiger charge is -2.36. The summed E-state index contributed by atoms with van der Waals surface area (Å²) in [5, 5.41) is 7.25. The van der Waals surface area contributed by atoms with Gasteiger partial charge in [0, 0.05) is 0 Å². The summed E-state index contributed by atoms with van der Waals surface area (Å²) in [6, 6.07) is 23.5. The van der Waals surface area contributed by atoms with Gasteiger partial charge in [-0.3, -0.25) is 0 Å². The van der Waals surface area contributed by atoms with Crippen molar-refractivity contribution >= 4 is 35.5 Å². The number of rotatable bonds is 7. The van der Waals surface area contributed by atoms with E-state index in [0.29, 0.717) is 0 Å². The zero-order valence-electron chi connectivity index (χ0n) is 19.1. The number of benzene rings is 3. The number of esters is 3. The Bertz CT molecular complexity index is 1380. The smallest absolute Gasteiger partial charge is 0.343 e. The highest BCUT2D eigenvalue weighted by Gasteiger charge is 2.51. The largest absolute Gasteiger partial charge is 0.478 e. The van der Waals surface area contributed by atoms with Gasteiger partial charge in [-0.15, -0.1) is 0 Å². The van der Waals surface area contributed by atoms with Crippen molar-refractivity contribution in [3.05, 3.63) is 131 Å². The first-order valence-corrected chi connectivity index (χ1v) is 11.3. The molecule has 0 spiro atoms. The first-order chi connectivity index (χ1) is 17.8. The van der Waals surface area contributed by atoms with Gasteiger partial charge in [0.15, 0.2) is 11.9 Å². The maximum absolute atomic E-state index is 13.0. The molecule has 0 aromatic heterocycles. The second-order valence-corrected chi connectivity index (χ2v) is 8.35. The van der Waals surface area contributed by atoms with Crippen LogP contribution in [0.3, 0.4) is 0 Å². The van der Waals surface area contributed by atoms with Gasteiger partial charge in [0.2, 0.25) is 0 Å². The lowest BCUT2D eigenvalue weighted by Crippen LogP contribution is -2.48. The van der Waals surface area contributed by atoms with Gasteiger partial charge in [0.05, 0.1) is 22.3 Å². The van der Waals surface area contributed by atoms with Crippen molar-refractivity contribution in [2.24, 2.45) is 0 Å². The molecule has 0 radical (unpaired) electrons. The van der Waals surface area contributed by atoms with Crippen LogP contribution in [0.25, 0.3) is 0 Å². The van der Waals surface area contributed by atoms with Crippen LogP contribution in [0.1, 0.15) is 31.1 Å². The molecule has 1 N–H and O–H groups in total. The third kappa shape index (κ3) is 5.76. The van der Waals surface area contributed by atoms with Crippen molar-refractivity contribution in [3.63, 3.8) is 0 Å². The van der Waals surface area contributed by atoms with E-state index >= 15 is 0 Å². The molecule has 37 heavy (non-hydrogen) atoms. The van der Waals surface area contributed by atoms with E-state index in [4.69, 9.17) is 25.8 Å². The van der Waals surface area contributed by atoms with Crippen LogP contribution in [-0.4, -0.2) is 40.1 Å². The molecule has 2 atom stereocenters. The number of aliphatic carboxylic acids is 1. The first-order valence-electron chi connectivity index (χ1n) is 11.0. The molecule has 3 aromatic carbocycles. The zero-order valence-corrected chi connectivity index (χ0v) is 19.8. The van der Waals surface area contributed by atoms with Crippen LogP contribution < -0.4 is 0 Å². The minimum atomic E-state index is -2.42. The van der Waals surface area contributed by atoms with Crippen LogP contribution in [0.15, 0.2) is 114 Å². The van der Waals surface area contributed by atoms with Crippen LogP contribution in [0.2, 0.25) is 0 Å². The summed E-state index contributed by atoms with van der Waals surface area (Å²) in [6.45, 7) is 0. The fourth-order valence-corrected chi connectivity index (χ4v) is 3.68. The first kappa shape index (κ1) is 25.4. The fourth-order valence-electron chi connectivity index (χ4n) is 3.41. The standard InChI is InChI=1S/C28H19ClO8/c29-28(37-27(34)20-14-8-3-9-15-20)22(35-25(32)18-10-4-1-5-11-18)16-21(24(30)31)17-23(28)36-26(33)19-12-6-2-7-13-19/h1-17,22H,(H,30,31). The maximum atomic E-state index is 13.0. The molecule has 4 rings (SSSR count). The molecule has 3 aromatic rings. The molecule has 0 bridgehead atoms. The van der Waals surface area contributed by atoms with Crippen LogP contribution in [0.5, 0.6) is 0 Å². The number of carbonyl (C=O) groups excluding carboxylic acids is 3. The molecular weight excluding hydrogens is 500 g/mol. The molecule has 1 aliphatic rings. The SMILES string of the molecule is O=C(O)C1=CC(OC(=O)c2ccccc2)C(Cl)(OC(=O)c2ccccc2)C(OC(=O)c2ccccc2)=C1. The molecule has 8 nitrogen and oxygen atoms in total. The molecule has 186 valence electrons. The number of carbonyl (C=O) groups is 4. The van der Waals surface area contributed by atoms with E-state index in [1.165, 1.54) is 36.4 Å². The van der Waals surface area contributed by atoms with Gasteiger partial charge in [-0.1, -0.05) is 66.2 Å². The molecule has 0 aliphatic heterocycles. The Kier molecular flexibility index (Phi) is 7.50. The number of alkyl halides is 1. The van der Waals surface area contributed by atoms with Gasteiger partial charge in [-0.25, -0.2) is 19.2 Å². The molecule has 0 amide bonds. The number of carboxylic acid groups (broad SMARTS) is 1. The van der Waals surface area contributed by atoms with Gasteiger partial charge in [0.1, 0.15) is 0 Å². The Morgan fingerprint density at radius 2 is 1.16 bits per heavy atom. The molecule has 2 unspecified atom stereocenters. The van der Waals surface area contributed by atoms with E-state index in [0.717, 1.165) is 12.2 Å². The number of halogens is 1. The molecule has 0 saturated carbocycles. The topological polar surface area (TPSA) is 116 Å². The Labute approximate surface area is 216 Å². The minimum Gasteiger partial charge on any atom is -0.478 e. The average Bonchev–Trinajstić information content (AvgIpc) is 2.92. The van der Waals surface area contributed by atoms with E-state index in [2.05, 4.69) is 0 Å². The Balaban J connectivity index is 1.75. The van der Waals surface area contributed by atoms with Crippen molar-refractivity contribution in [1.82, 2.24) is 0 Å². The van der Waals surface area contributed by atoms with Gasteiger partial charge in [0.25, 0.3) is 5.06 Å². The number of ether oxygens (including phenoxy) is 3. The Hall–Kier alpha value is -4.69. The molecular formula is C28H19ClO8. The van der Waals surface area contributed by atoms with Gasteiger partial charge < -0.3 is 19.3 Å². The van der Waals surface area contributed by atoms with E-state index in [-0.39, 0.29) is 16.7 Å². The number of hydrogen-bond acceptors (Lipinski definition) is 7. The summed E-state index contributed by atoms with van der Waals surface area (Å²) in [6.07, 6.45) is 0.277. The lowest BCUT2D eigenvalue weighted by molar-refractivity contribution is -0.132. The van der Waals surface area contributed by atoms with E-state index in [1.54, 1.807) is 54.6 Å². The van der Waals surface area contributed by atoms with Crippen molar-refractivity contribution in [2.75, 3.05) is 0 Å². The van der Waals surface area contributed by atoms with Crippen molar-refractivity contribution in [2.45, 2.75) is 11.2 Å². The average molecular weight is 519 g/mol. The molecule has 1 aliphatic carbocycles. The summed E-state index contributed by atoms with van der Waals surface area (Å²) < 4.78 is 16.5. The van der Waals surface area contributed by atoms with E-state index in [9.17, 15) is 24.3 Å². The highest BCUT2D eigenvalue weighted by molar-refractivity contribution is 6.26. The maximum Gasteiger partial charge on any atom is 0.343 e.